The third-order valence-electron chi connectivity index (χ3n) is 6.60. The molecule has 0 heterocycles. The van der Waals surface area contributed by atoms with Crippen molar-refractivity contribution >= 4 is 0 Å². The second-order valence-electron chi connectivity index (χ2n) is 7.75. The lowest BCUT2D eigenvalue weighted by molar-refractivity contribution is 0.0255. The third kappa shape index (κ3) is 2.61. The van der Waals surface area contributed by atoms with Gasteiger partial charge in [-0.25, -0.2) is 0 Å². The zero-order chi connectivity index (χ0) is 15.8. The second kappa shape index (κ2) is 5.79. The van der Waals surface area contributed by atoms with Gasteiger partial charge in [0, 0.05) is 12.1 Å². The van der Waals surface area contributed by atoms with E-state index in [9.17, 15) is 0 Å². The van der Waals surface area contributed by atoms with Crippen LogP contribution in [0.3, 0.4) is 0 Å². The van der Waals surface area contributed by atoms with Crippen LogP contribution < -0.4 is 5.32 Å². The standard InChI is InChI=1S/C22H27N/c1-18-16-21(23-17-19-8-4-2-5-9-19)12-14-22(18,15-13-21)20-10-6-3-7-11-20/h2-11,18,23H,12-17H2,1H3. The van der Waals surface area contributed by atoms with Crippen molar-refractivity contribution < 1.29 is 0 Å². The molecule has 0 amide bonds. The van der Waals surface area contributed by atoms with Gasteiger partial charge in [-0.2, -0.15) is 0 Å². The smallest absolute Gasteiger partial charge is 0.0210 e. The van der Waals surface area contributed by atoms with Crippen molar-refractivity contribution in [1.82, 2.24) is 5.32 Å². The topological polar surface area (TPSA) is 12.0 Å². The van der Waals surface area contributed by atoms with Gasteiger partial charge in [-0.15, -0.1) is 0 Å². The Hall–Kier alpha value is -1.60. The molecule has 3 saturated carbocycles. The van der Waals surface area contributed by atoms with Crippen LogP contribution in [0.4, 0.5) is 0 Å². The summed E-state index contributed by atoms with van der Waals surface area (Å²) in [7, 11) is 0. The highest BCUT2D eigenvalue weighted by atomic mass is 15.0. The van der Waals surface area contributed by atoms with E-state index in [-0.39, 0.29) is 0 Å². The van der Waals surface area contributed by atoms with Crippen LogP contribution in [0, 0.1) is 5.92 Å². The molecular weight excluding hydrogens is 278 g/mol. The van der Waals surface area contributed by atoms with E-state index in [1.165, 1.54) is 37.7 Å². The number of nitrogens with one attached hydrogen (secondary N) is 1. The lowest BCUT2D eigenvalue weighted by atomic mass is 9.50. The van der Waals surface area contributed by atoms with E-state index in [4.69, 9.17) is 0 Å². The molecule has 3 fully saturated rings. The molecule has 0 spiro atoms. The molecule has 1 atom stereocenters. The predicted octanol–water partition coefficient (Wildman–Crippen LogP) is 5.07. The summed E-state index contributed by atoms with van der Waals surface area (Å²) in [5.41, 5.74) is 3.77. The Morgan fingerprint density at radius 3 is 2.09 bits per heavy atom. The van der Waals surface area contributed by atoms with Crippen LogP contribution in [0.5, 0.6) is 0 Å². The average molecular weight is 305 g/mol. The van der Waals surface area contributed by atoms with Crippen molar-refractivity contribution in [2.75, 3.05) is 0 Å². The maximum absolute atomic E-state index is 3.94. The number of rotatable bonds is 4. The Morgan fingerprint density at radius 1 is 0.870 bits per heavy atom. The van der Waals surface area contributed by atoms with E-state index in [0.29, 0.717) is 11.0 Å². The Balaban J connectivity index is 1.50. The van der Waals surface area contributed by atoms with Gasteiger partial charge >= 0.3 is 0 Å². The minimum absolute atomic E-state index is 0.367. The maximum Gasteiger partial charge on any atom is 0.0210 e. The monoisotopic (exact) mass is 305 g/mol. The molecule has 0 aliphatic heterocycles. The van der Waals surface area contributed by atoms with Gasteiger partial charge in [-0.3, -0.25) is 0 Å². The molecule has 0 radical (unpaired) electrons. The van der Waals surface area contributed by atoms with Crippen LogP contribution in [0.25, 0.3) is 0 Å². The fourth-order valence-electron chi connectivity index (χ4n) is 5.13. The molecule has 1 heteroatoms. The van der Waals surface area contributed by atoms with E-state index in [1.807, 2.05) is 0 Å². The lowest BCUT2D eigenvalue weighted by Gasteiger charge is -2.58. The van der Waals surface area contributed by atoms with Crippen molar-refractivity contribution in [3.8, 4) is 0 Å². The molecule has 2 aromatic carbocycles. The van der Waals surface area contributed by atoms with E-state index in [1.54, 1.807) is 5.56 Å². The molecule has 3 aliphatic rings. The quantitative estimate of drug-likeness (QED) is 0.832. The first-order valence-corrected chi connectivity index (χ1v) is 9.07. The van der Waals surface area contributed by atoms with Crippen LogP contribution in [-0.2, 0) is 12.0 Å². The molecule has 3 aliphatic carbocycles. The van der Waals surface area contributed by atoms with E-state index >= 15 is 0 Å². The first-order valence-electron chi connectivity index (χ1n) is 9.07. The van der Waals surface area contributed by atoms with Crippen LogP contribution >= 0.6 is 0 Å². The minimum Gasteiger partial charge on any atom is -0.307 e. The maximum atomic E-state index is 3.94. The number of fused-ring (bicyclic) bond motifs is 3. The summed E-state index contributed by atoms with van der Waals surface area (Å²) in [6, 6.07) is 22.1. The zero-order valence-electron chi connectivity index (χ0n) is 14.1. The molecule has 2 bridgehead atoms. The summed E-state index contributed by atoms with van der Waals surface area (Å²) >= 11 is 0. The van der Waals surface area contributed by atoms with Gasteiger partial charge in [0.2, 0.25) is 0 Å². The molecule has 5 rings (SSSR count). The van der Waals surface area contributed by atoms with Gasteiger partial charge in [0.25, 0.3) is 0 Å². The first kappa shape index (κ1) is 15.0. The van der Waals surface area contributed by atoms with E-state index in [0.717, 1.165) is 12.5 Å². The molecule has 0 saturated heterocycles. The van der Waals surface area contributed by atoms with Gasteiger partial charge < -0.3 is 5.32 Å². The average Bonchev–Trinajstić information content (AvgIpc) is 2.63. The molecule has 1 N–H and O–H groups in total. The summed E-state index contributed by atoms with van der Waals surface area (Å²) in [6.45, 7) is 3.48. The molecule has 1 nitrogen and oxygen atoms in total. The Labute approximate surface area is 140 Å². The highest BCUT2D eigenvalue weighted by Gasteiger charge is 2.52. The molecule has 1 unspecified atom stereocenters. The lowest BCUT2D eigenvalue weighted by Crippen LogP contribution is -2.59. The van der Waals surface area contributed by atoms with Gasteiger partial charge in [0.05, 0.1) is 0 Å². The third-order valence-corrected chi connectivity index (χ3v) is 6.60. The van der Waals surface area contributed by atoms with Crippen LogP contribution in [0.1, 0.15) is 50.2 Å². The van der Waals surface area contributed by atoms with Crippen molar-refractivity contribution in [1.29, 1.82) is 0 Å². The van der Waals surface area contributed by atoms with Gasteiger partial charge in [0.1, 0.15) is 0 Å². The number of hydrogen-bond donors (Lipinski definition) is 1. The molecule has 2 aromatic rings. The molecular formula is C22H27N. The summed E-state index contributed by atoms with van der Waals surface area (Å²) < 4.78 is 0. The Kier molecular flexibility index (Phi) is 3.77. The van der Waals surface area contributed by atoms with Crippen molar-refractivity contribution in [2.24, 2.45) is 5.92 Å². The van der Waals surface area contributed by atoms with Crippen molar-refractivity contribution in [2.45, 2.75) is 56.5 Å². The van der Waals surface area contributed by atoms with E-state index < -0.39 is 0 Å². The fraction of sp³-hybridized carbons (Fsp3) is 0.455. The minimum atomic E-state index is 0.367. The van der Waals surface area contributed by atoms with Crippen molar-refractivity contribution in [3.63, 3.8) is 0 Å². The summed E-state index contributed by atoms with van der Waals surface area (Å²) in [5.74, 6) is 0.760. The van der Waals surface area contributed by atoms with Gasteiger partial charge in [0.15, 0.2) is 0 Å². The highest BCUT2D eigenvalue weighted by molar-refractivity contribution is 5.30. The zero-order valence-corrected chi connectivity index (χ0v) is 14.1. The van der Waals surface area contributed by atoms with Crippen LogP contribution in [0.2, 0.25) is 0 Å². The summed E-state index contributed by atoms with van der Waals surface area (Å²) in [4.78, 5) is 0. The highest BCUT2D eigenvalue weighted by Crippen LogP contribution is 2.56. The molecule has 23 heavy (non-hydrogen) atoms. The Morgan fingerprint density at radius 2 is 1.48 bits per heavy atom. The van der Waals surface area contributed by atoms with Crippen molar-refractivity contribution in [3.05, 3.63) is 71.8 Å². The van der Waals surface area contributed by atoms with Crippen LogP contribution in [0.15, 0.2) is 60.7 Å². The first-order chi connectivity index (χ1) is 11.2. The molecule has 120 valence electrons. The predicted molar refractivity (Wildman–Crippen MR) is 96.4 cm³/mol. The number of hydrogen-bond acceptors (Lipinski definition) is 1. The van der Waals surface area contributed by atoms with Gasteiger partial charge in [-0.05, 0) is 54.6 Å². The van der Waals surface area contributed by atoms with E-state index in [2.05, 4.69) is 72.9 Å². The SMILES string of the molecule is CC1CC2(NCc3ccccc3)CCC1(c1ccccc1)CC2. The normalized spacial score (nSPS) is 32.8. The van der Waals surface area contributed by atoms with Gasteiger partial charge in [-0.1, -0.05) is 67.6 Å². The summed E-state index contributed by atoms with van der Waals surface area (Å²) in [5, 5.41) is 3.94. The Bertz CT molecular complexity index is 638. The summed E-state index contributed by atoms with van der Waals surface area (Å²) in [6.07, 6.45) is 6.62. The molecule has 0 aromatic heterocycles. The van der Waals surface area contributed by atoms with Crippen LogP contribution in [-0.4, -0.2) is 5.54 Å². The second-order valence-corrected chi connectivity index (χ2v) is 7.75. The fourth-order valence-corrected chi connectivity index (χ4v) is 5.13. The number of benzene rings is 2. The largest absolute Gasteiger partial charge is 0.307 e.